The monoisotopic (exact) mass is 161 g/mol. The zero-order chi connectivity index (χ0) is 9.23. The molecule has 0 saturated carbocycles. The van der Waals surface area contributed by atoms with Crippen LogP contribution in [0, 0.1) is 5.41 Å². The summed E-state index contributed by atoms with van der Waals surface area (Å²) in [5.41, 5.74) is 4.57. The van der Waals surface area contributed by atoms with Gasteiger partial charge in [-0.2, -0.15) is 0 Å². The second-order valence-electron chi connectivity index (χ2n) is 3.55. The number of hydrogen-bond donors (Lipinski definition) is 3. The summed E-state index contributed by atoms with van der Waals surface area (Å²) in [6, 6.07) is -1.20. The summed E-state index contributed by atoms with van der Waals surface area (Å²) in [5, 5.41) is 17.1. The number of Topliss-reactive ketones (excluding diaryl/α,β-unsaturated/α-hetero) is 1. The molecular weight excluding hydrogens is 146 g/mol. The van der Waals surface area contributed by atoms with Crippen molar-refractivity contribution in [1.29, 1.82) is 0 Å². The molecule has 0 aliphatic heterocycles. The standard InChI is InChI=1S/C7H15NO3/c1-7(2,3)5(9)4(8)6(10)11/h4,6,10-11H,8H2,1-3H3/t4-/m1/s1. The van der Waals surface area contributed by atoms with E-state index in [1.807, 2.05) is 0 Å². The predicted octanol–water partition coefficient (Wildman–Crippen LogP) is -0.760. The number of nitrogens with two attached hydrogens (primary N) is 1. The van der Waals surface area contributed by atoms with E-state index in [4.69, 9.17) is 15.9 Å². The van der Waals surface area contributed by atoms with Crippen molar-refractivity contribution in [1.82, 2.24) is 0 Å². The minimum absolute atomic E-state index is 0.354. The first kappa shape index (κ1) is 10.6. The summed E-state index contributed by atoms with van der Waals surface area (Å²) >= 11 is 0. The normalized spacial score (nSPS) is 15.2. The van der Waals surface area contributed by atoms with Gasteiger partial charge >= 0.3 is 0 Å². The van der Waals surface area contributed by atoms with Crippen molar-refractivity contribution in [2.24, 2.45) is 11.1 Å². The molecule has 0 aromatic heterocycles. The smallest absolute Gasteiger partial charge is 0.174 e. The molecule has 66 valence electrons. The Labute approximate surface area is 66.0 Å². The lowest BCUT2D eigenvalue weighted by Gasteiger charge is -2.22. The molecule has 4 N–H and O–H groups in total. The first-order valence-electron chi connectivity index (χ1n) is 3.43. The fraction of sp³-hybridized carbons (Fsp3) is 0.857. The molecule has 0 saturated heterocycles. The molecule has 0 amide bonds. The van der Waals surface area contributed by atoms with E-state index in [9.17, 15) is 4.79 Å². The number of aliphatic hydroxyl groups is 2. The molecule has 0 radical (unpaired) electrons. The molecule has 0 spiro atoms. The van der Waals surface area contributed by atoms with E-state index in [1.54, 1.807) is 20.8 Å². The molecule has 0 aromatic carbocycles. The lowest BCUT2D eigenvalue weighted by atomic mass is 9.86. The SMILES string of the molecule is CC(C)(C)C(=O)[C@@H](N)C(O)O. The van der Waals surface area contributed by atoms with Gasteiger partial charge in [0.2, 0.25) is 0 Å². The summed E-state index contributed by atoms with van der Waals surface area (Å²) in [4.78, 5) is 11.2. The van der Waals surface area contributed by atoms with Gasteiger partial charge in [0.25, 0.3) is 0 Å². The number of carbonyl (C=O) groups is 1. The Morgan fingerprint density at radius 1 is 1.36 bits per heavy atom. The fourth-order valence-electron chi connectivity index (χ4n) is 0.635. The van der Waals surface area contributed by atoms with Gasteiger partial charge in [-0.15, -0.1) is 0 Å². The van der Waals surface area contributed by atoms with Crippen LogP contribution in [0.25, 0.3) is 0 Å². The Morgan fingerprint density at radius 3 is 1.82 bits per heavy atom. The van der Waals surface area contributed by atoms with E-state index in [-0.39, 0.29) is 5.78 Å². The highest BCUT2D eigenvalue weighted by atomic mass is 16.5. The molecule has 4 nitrogen and oxygen atoms in total. The van der Waals surface area contributed by atoms with Gasteiger partial charge in [-0.25, -0.2) is 0 Å². The molecule has 0 bridgehead atoms. The van der Waals surface area contributed by atoms with Gasteiger partial charge in [0.15, 0.2) is 12.1 Å². The molecule has 1 atom stereocenters. The number of carbonyl (C=O) groups excluding carboxylic acids is 1. The van der Waals surface area contributed by atoms with Crippen molar-refractivity contribution in [2.45, 2.75) is 33.1 Å². The third-order valence-corrected chi connectivity index (χ3v) is 1.36. The molecule has 4 heteroatoms. The van der Waals surface area contributed by atoms with Crippen LogP contribution in [0.1, 0.15) is 20.8 Å². The third-order valence-electron chi connectivity index (χ3n) is 1.36. The third kappa shape index (κ3) is 2.96. The zero-order valence-electron chi connectivity index (χ0n) is 7.03. The van der Waals surface area contributed by atoms with Crippen LogP contribution in [0.3, 0.4) is 0 Å². The van der Waals surface area contributed by atoms with Gasteiger partial charge in [-0.05, 0) is 0 Å². The maximum Gasteiger partial charge on any atom is 0.174 e. The molecule has 11 heavy (non-hydrogen) atoms. The van der Waals surface area contributed by atoms with Gasteiger partial charge in [-0.1, -0.05) is 20.8 Å². The van der Waals surface area contributed by atoms with Crippen LogP contribution in [0.5, 0.6) is 0 Å². The average molecular weight is 161 g/mol. The van der Waals surface area contributed by atoms with Gasteiger partial charge in [0.1, 0.15) is 6.04 Å². The highest BCUT2D eigenvalue weighted by molar-refractivity contribution is 5.88. The fourth-order valence-corrected chi connectivity index (χ4v) is 0.635. The first-order valence-corrected chi connectivity index (χ1v) is 3.43. The topological polar surface area (TPSA) is 83.6 Å². The van der Waals surface area contributed by atoms with E-state index in [2.05, 4.69) is 0 Å². The predicted molar refractivity (Wildman–Crippen MR) is 40.7 cm³/mol. The highest BCUT2D eigenvalue weighted by Gasteiger charge is 2.30. The number of aliphatic hydroxyl groups excluding tert-OH is 1. The molecule has 0 aromatic rings. The molecule has 0 rings (SSSR count). The minimum atomic E-state index is -1.76. The Balaban J connectivity index is 4.26. The lowest BCUT2D eigenvalue weighted by Crippen LogP contribution is -2.46. The van der Waals surface area contributed by atoms with E-state index in [0.29, 0.717) is 0 Å². The summed E-state index contributed by atoms with van der Waals surface area (Å²) in [6.07, 6.45) is -1.76. The second-order valence-corrected chi connectivity index (χ2v) is 3.55. The van der Waals surface area contributed by atoms with Gasteiger partial charge in [0.05, 0.1) is 0 Å². The van der Waals surface area contributed by atoms with Gasteiger partial charge < -0.3 is 15.9 Å². The molecule has 0 heterocycles. The molecule has 0 fully saturated rings. The maximum absolute atomic E-state index is 11.2. The van der Waals surface area contributed by atoms with Crippen molar-refractivity contribution in [3.63, 3.8) is 0 Å². The largest absolute Gasteiger partial charge is 0.366 e. The van der Waals surface area contributed by atoms with Crippen LogP contribution in [0.15, 0.2) is 0 Å². The van der Waals surface area contributed by atoms with Crippen molar-refractivity contribution < 1.29 is 15.0 Å². The quantitative estimate of drug-likeness (QED) is 0.465. The maximum atomic E-state index is 11.2. The van der Waals surface area contributed by atoms with E-state index >= 15 is 0 Å². The van der Waals surface area contributed by atoms with E-state index < -0.39 is 17.7 Å². The number of ketones is 1. The van der Waals surface area contributed by atoms with Gasteiger partial charge in [0, 0.05) is 5.41 Å². The number of hydrogen-bond acceptors (Lipinski definition) is 4. The summed E-state index contributed by atoms with van der Waals surface area (Å²) in [6.45, 7) is 5.03. The summed E-state index contributed by atoms with van der Waals surface area (Å²) < 4.78 is 0. The zero-order valence-corrected chi connectivity index (χ0v) is 7.03. The van der Waals surface area contributed by atoms with E-state index in [0.717, 1.165) is 0 Å². The van der Waals surface area contributed by atoms with Gasteiger partial charge in [-0.3, -0.25) is 4.79 Å². The van der Waals surface area contributed by atoms with Crippen LogP contribution >= 0.6 is 0 Å². The average Bonchev–Trinajstić information content (AvgIpc) is 1.82. The van der Waals surface area contributed by atoms with Crippen LogP contribution in [0.2, 0.25) is 0 Å². The van der Waals surface area contributed by atoms with Crippen LogP contribution in [-0.4, -0.2) is 28.3 Å². The summed E-state index contributed by atoms with van der Waals surface area (Å²) in [7, 11) is 0. The van der Waals surface area contributed by atoms with Crippen molar-refractivity contribution in [2.75, 3.05) is 0 Å². The first-order chi connectivity index (χ1) is 4.76. The Bertz CT molecular complexity index is 148. The van der Waals surface area contributed by atoms with Crippen molar-refractivity contribution in [3.05, 3.63) is 0 Å². The second kappa shape index (κ2) is 3.30. The Morgan fingerprint density at radius 2 is 1.73 bits per heavy atom. The van der Waals surface area contributed by atoms with Crippen LogP contribution in [-0.2, 0) is 4.79 Å². The van der Waals surface area contributed by atoms with Crippen molar-refractivity contribution in [3.8, 4) is 0 Å². The Hall–Kier alpha value is -0.450. The Kier molecular flexibility index (Phi) is 3.16. The van der Waals surface area contributed by atoms with E-state index in [1.165, 1.54) is 0 Å². The van der Waals surface area contributed by atoms with Crippen molar-refractivity contribution >= 4 is 5.78 Å². The molecule has 0 unspecified atom stereocenters. The lowest BCUT2D eigenvalue weighted by molar-refractivity contribution is -0.138. The summed E-state index contributed by atoms with van der Waals surface area (Å²) in [5.74, 6) is -0.354. The molecule has 0 aliphatic carbocycles. The minimum Gasteiger partial charge on any atom is -0.366 e. The van der Waals surface area contributed by atoms with Crippen LogP contribution in [0.4, 0.5) is 0 Å². The molecule has 0 aliphatic rings. The number of rotatable bonds is 2. The molecular formula is C7H15NO3. The highest BCUT2D eigenvalue weighted by Crippen LogP contribution is 2.16. The van der Waals surface area contributed by atoms with Crippen LogP contribution < -0.4 is 5.73 Å².